The second-order valence-corrected chi connectivity index (χ2v) is 3.90. The molecule has 0 bridgehead atoms. The van der Waals surface area contributed by atoms with Crippen LogP contribution in [0.2, 0.25) is 0 Å². The number of hydrogen-bond acceptors (Lipinski definition) is 4. The van der Waals surface area contributed by atoms with E-state index in [1.807, 2.05) is 0 Å². The molecule has 0 radical (unpaired) electrons. The van der Waals surface area contributed by atoms with E-state index < -0.39 is 17.9 Å². The van der Waals surface area contributed by atoms with Crippen molar-refractivity contribution >= 4 is 17.8 Å². The fourth-order valence-corrected chi connectivity index (χ4v) is 1.82. The second-order valence-electron chi connectivity index (χ2n) is 3.90. The zero-order chi connectivity index (χ0) is 13.3. The van der Waals surface area contributed by atoms with Crippen molar-refractivity contribution in [2.24, 2.45) is 0 Å². The van der Waals surface area contributed by atoms with Gasteiger partial charge in [0.2, 0.25) is 5.91 Å². The number of piperazine rings is 1. The molecule has 1 aliphatic rings. The number of aromatic nitrogens is 2. The molecule has 0 aliphatic carbocycles. The number of carbonyl (C=O) groups excluding carboxylic acids is 2. The molecule has 8 heteroatoms. The van der Waals surface area contributed by atoms with E-state index in [0.29, 0.717) is 13.1 Å². The van der Waals surface area contributed by atoms with Gasteiger partial charge in [0.25, 0.3) is 5.91 Å². The summed E-state index contributed by atoms with van der Waals surface area (Å²) in [5.74, 6) is -2.08. The lowest BCUT2D eigenvalue weighted by atomic mass is 10.1. The number of hydrogen-bond donors (Lipinski definition) is 3. The van der Waals surface area contributed by atoms with Crippen molar-refractivity contribution in [3.8, 4) is 0 Å². The summed E-state index contributed by atoms with van der Waals surface area (Å²) in [5.41, 5.74) is -0.442. The zero-order valence-corrected chi connectivity index (χ0v) is 9.64. The Morgan fingerprint density at radius 1 is 1.56 bits per heavy atom. The van der Waals surface area contributed by atoms with E-state index in [-0.39, 0.29) is 17.3 Å². The third kappa shape index (κ3) is 1.92. The number of imidazole rings is 1. The smallest absolute Gasteiger partial charge is 0.354 e. The molecule has 8 nitrogen and oxygen atoms in total. The van der Waals surface area contributed by atoms with Crippen molar-refractivity contribution in [1.29, 1.82) is 0 Å². The van der Waals surface area contributed by atoms with Gasteiger partial charge in [0, 0.05) is 13.1 Å². The number of nitrogens with zero attached hydrogens (tertiary/aromatic N) is 2. The van der Waals surface area contributed by atoms with Gasteiger partial charge in [-0.2, -0.15) is 0 Å². The molecule has 1 aromatic rings. The minimum Gasteiger partial charge on any atom is -0.477 e. The molecule has 1 atom stereocenters. The normalized spacial score (nSPS) is 19.5. The molecule has 3 N–H and O–H groups in total. The van der Waals surface area contributed by atoms with Crippen molar-refractivity contribution < 1.29 is 19.5 Å². The van der Waals surface area contributed by atoms with E-state index in [9.17, 15) is 14.4 Å². The summed E-state index contributed by atoms with van der Waals surface area (Å²) in [5, 5.41) is 11.5. The van der Waals surface area contributed by atoms with Gasteiger partial charge in [-0.3, -0.25) is 9.59 Å². The highest BCUT2D eigenvalue weighted by atomic mass is 16.4. The van der Waals surface area contributed by atoms with Crippen LogP contribution in [0.1, 0.15) is 27.9 Å². The average molecular weight is 252 g/mol. The summed E-state index contributed by atoms with van der Waals surface area (Å²) in [6.07, 6.45) is 1.14. The van der Waals surface area contributed by atoms with E-state index in [1.165, 1.54) is 4.90 Å². The third-order valence-corrected chi connectivity index (χ3v) is 2.82. The van der Waals surface area contributed by atoms with Gasteiger partial charge in [-0.15, -0.1) is 0 Å². The maximum absolute atomic E-state index is 12.1. The first-order valence-electron chi connectivity index (χ1n) is 5.37. The summed E-state index contributed by atoms with van der Waals surface area (Å²) >= 11 is 0. The van der Waals surface area contributed by atoms with Gasteiger partial charge >= 0.3 is 5.97 Å². The molecule has 0 aromatic carbocycles. The molecule has 0 spiro atoms. The Bertz CT molecular complexity index is 510. The Balaban J connectivity index is 2.28. The number of carboxylic acid groups (broad SMARTS) is 1. The van der Waals surface area contributed by atoms with Crippen molar-refractivity contribution in [3.05, 3.63) is 17.7 Å². The predicted molar refractivity (Wildman–Crippen MR) is 59.1 cm³/mol. The molecule has 1 fully saturated rings. The molecule has 1 aliphatic heterocycles. The van der Waals surface area contributed by atoms with Crippen LogP contribution in [0.15, 0.2) is 6.33 Å². The first kappa shape index (κ1) is 12.1. The lowest BCUT2D eigenvalue weighted by Crippen LogP contribution is -2.56. The monoisotopic (exact) mass is 252 g/mol. The van der Waals surface area contributed by atoms with Crippen LogP contribution in [-0.4, -0.2) is 56.9 Å². The highest BCUT2D eigenvalue weighted by molar-refractivity contribution is 6.03. The van der Waals surface area contributed by atoms with E-state index in [4.69, 9.17) is 5.11 Å². The van der Waals surface area contributed by atoms with Crippen LogP contribution in [-0.2, 0) is 4.79 Å². The van der Waals surface area contributed by atoms with E-state index in [0.717, 1.165) is 6.33 Å². The van der Waals surface area contributed by atoms with Crippen molar-refractivity contribution in [2.45, 2.75) is 13.0 Å². The molecule has 18 heavy (non-hydrogen) atoms. The zero-order valence-electron chi connectivity index (χ0n) is 9.64. The van der Waals surface area contributed by atoms with Crippen molar-refractivity contribution in [2.75, 3.05) is 13.1 Å². The van der Waals surface area contributed by atoms with Gasteiger partial charge in [-0.05, 0) is 6.92 Å². The Labute approximate surface area is 102 Å². The summed E-state index contributed by atoms with van der Waals surface area (Å²) in [6, 6.07) is -0.635. The van der Waals surface area contributed by atoms with Gasteiger partial charge in [-0.1, -0.05) is 0 Å². The summed E-state index contributed by atoms with van der Waals surface area (Å²) in [4.78, 5) is 41.9. The van der Waals surface area contributed by atoms with Gasteiger partial charge in [-0.25, -0.2) is 9.78 Å². The SMILES string of the molecule is CC1C(=O)NCCN1C(=O)c1nc[nH]c1C(=O)O. The van der Waals surface area contributed by atoms with Crippen molar-refractivity contribution in [1.82, 2.24) is 20.2 Å². The molecular weight excluding hydrogens is 240 g/mol. The molecular formula is C10H12N4O4. The highest BCUT2D eigenvalue weighted by Crippen LogP contribution is 2.12. The van der Waals surface area contributed by atoms with E-state index >= 15 is 0 Å². The summed E-state index contributed by atoms with van der Waals surface area (Å²) < 4.78 is 0. The number of carboxylic acids is 1. The highest BCUT2D eigenvalue weighted by Gasteiger charge is 2.33. The Kier molecular flexibility index (Phi) is 3.00. The Morgan fingerprint density at radius 2 is 2.28 bits per heavy atom. The topological polar surface area (TPSA) is 115 Å². The molecule has 96 valence electrons. The van der Waals surface area contributed by atoms with Gasteiger partial charge < -0.3 is 20.3 Å². The summed E-state index contributed by atoms with van der Waals surface area (Å²) in [6.45, 7) is 2.26. The van der Waals surface area contributed by atoms with Crippen molar-refractivity contribution in [3.63, 3.8) is 0 Å². The maximum atomic E-state index is 12.1. The number of H-pyrrole nitrogens is 1. The molecule has 1 aromatic heterocycles. The predicted octanol–water partition coefficient (Wildman–Crippen LogP) is -0.932. The molecule has 1 unspecified atom stereocenters. The fourth-order valence-electron chi connectivity index (χ4n) is 1.82. The quantitative estimate of drug-likeness (QED) is 0.628. The number of nitrogens with one attached hydrogen (secondary N) is 2. The van der Waals surface area contributed by atoms with E-state index in [2.05, 4.69) is 15.3 Å². The summed E-state index contributed by atoms with van der Waals surface area (Å²) in [7, 11) is 0. The second kappa shape index (κ2) is 4.47. The third-order valence-electron chi connectivity index (χ3n) is 2.82. The molecule has 1 saturated heterocycles. The first-order chi connectivity index (χ1) is 8.52. The van der Waals surface area contributed by atoms with Crippen LogP contribution in [0.5, 0.6) is 0 Å². The Hall–Kier alpha value is -2.38. The standard InChI is InChI=1S/C10H12N4O4/c1-5-8(15)11-2-3-14(5)9(16)6-7(10(17)18)13-4-12-6/h4-5H,2-3H2,1H3,(H,11,15)(H,12,13)(H,17,18). The number of amides is 2. The fraction of sp³-hybridized carbons (Fsp3) is 0.400. The molecule has 2 amide bonds. The largest absolute Gasteiger partial charge is 0.477 e. The van der Waals surface area contributed by atoms with Gasteiger partial charge in [0.1, 0.15) is 6.04 Å². The van der Waals surface area contributed by atoms with Gasteiger partial charge in [0.15, 0.2) is 11.4 Å². The molecule has 0 saturated carbocycles. The Morgan fingerprint density at radius 3 is 2.94 bits per heavy atom. The minimum atomic E-state index is -1.26. The number of aromatic amines is 1. The number of carbonyl (C=O) groups is 3. The maximum Gasteiger partial charge on any atom is 0.354 e. The minimum absolute atomic E-state index is 0.177. The lowest BCUT2D eigenvalue weighted by Gasteiger charge is -2.32. The average Bonchev–Trinajstić information content (AvgIpc) is 2.81. The van der Waals surface area contributed by atoms with Crippen LogP contribution >= 0.6 is 0 Å². The first-order valence-corrected chi connectivity index (χ1v) is 5.37. The van der Waals surface area contributed by atoms with Crippen LogP contribution in [0, 0.1) is 0 Å². The van der Waals surface area contributed by atoms with Crippen LogP contribution < -0.4 is 5.32 Å². The molecule has 2 rings (SSSR count). The van der Waals surface area contributed by atoms with Crippen LogP contribution in [0.25, 0.3) is 0 Å². The van der Waals surface area contributed by atoms with Crippen LogP contribution in [0.4, 0.5) is 0 Å². The number of aromatic carboxylic acids is 1. The van der Waals surface area contributed by atoms with Gasteiger partial charge in [0.05, 0.1) is 6.33 Å². The molecule has 2 heterocycles. The lowest BCUT2D eigenvalue weighted by molar-refractivity contribution is -0.127. The number of rotatable bonds is 2. The van der Waals surface area contributed by atoms with E-state index in [1.54, 1.807) is 6.92 Å². The van der Waals surface area contributed by atoms with Crippen LogP contribution in [0.3, 0.4) is 0 Å².